The van der Waals surface area contributed by atoms with Crippen LogP contribution in [0.1, 0.15) is 87.4 Å². The Balaban J connectivity index is 1.51. The minimum absolute atomic E-state index is 0.0122. The van der Waals surface area contributed by atoms with E-state index in [1.165, 1.54) is 35.0 Å². The van der Waals surface area contributed by atoms with E-state index in [1.807, 2.05) is 57.2 Å². The van der Waals surface area contributed by atoms with Gasteiger partial charge in [0.25, 0.3) is 11.8 Å². The largest absolute Gasteiger partial charge is 0.444 e. The Morgan fingerprint density at radius 3 is 2.02 bits per heavy atom. The number of hydrogen-bond acceptors (Lipinski definition) is 8. The summed E-state index contributed by atoms with van der Waals surface area (Å²) in [5, 5.41) is 12.9. The molecular weight excluding hydrogens is 837 g/mol. The topological polar surface area (TPSA) is 205 Å². The molecule has 64 heavy (non-hydrogen) atoms. The molecule has 1 aliphatic carbocycles. The molecule has 1 unspecified atom stereocenters. The first-order valence-electron chi connectivity index (χ1n) is 20.9. The fourth-order valence-corrected chi connectivity index (χ4v) is 7.02. The van der Waals surface area contributed by atoms with Crippen molar-refractivity contribution >= 4 is 46.9 Å². The molecule has 0 saturated heterocycles. The first-order valence-corrected chi connectivity index (χ1v) is 20.9. The highest BCUT2D eigenvalue weighted by Gasteiger charge is 2.65. The first-order chi connectivity index (χ1) is 29.9. The van der Waals surface area contributed by atoms with Gasteiger partial charge in [-0.2, -0.15) is 17.6 Å². The molecule has 0 aromatic heterocycles. The van der Waals surface area contributed by atoms with Gasteiger partial charge in [0.15, 0.2) is 5.84 Å². The van der Waals surface area contributed by atoms with Crippen LogP contribution in [0.2, 0.25) is 0 Å². The van der Waals surface area contributed by atoms with Gasteiger partial charge in [0.1, 0.15) is 11.6 Å². The van der Waals surface area contributed by atoms with Crippen molar-refractivity contribution in [1.29, 1.82) is 0 Å². The van der Waals surface area contributed by atoms with E-state index in [9.17, 15) is 41.5 Å². The third-order valence-electron chi connectivity index (χ3n) is 10.5. The highest BCUT2D eigenvalue weighted by Crippen LogP contribution is 2.36. The van der Waals surface area contributed by atoms with Gasteiger partial charge < -0.3 is 36.7 Å². The molecule has 0 radical (unpaired) electrons. The highest BCUT2D eigenvalue weighted by atomic mass is 19.3. The van der Waals surface area contributed by atoms with Crippen molar-refractivity contribution in [2.24, 2.45) is 22.7 Å². The van der Waals surface area contributed by atoms with Gasteiger partial charge in [0.05, 0.1) is 5.70 Å². The molecule has 0 heterocycles. The van der Waals surface area contributed by atoms with E-state index in [1.54, 1.807) is 26.8 Å². The molecule has 4 rings (SSSR count). The van der Waals surface area contributed by atoms with Crippen LogP contribution in [0.4, 0.5) is 28.0 Å². The monoisotopic (exact) mass is 894 g/mol. The van der Waals surface area contributed by atoms with Gasteiger partial charge >= 0.3 is 17.9 Å². The summed E-state index contributed by atoms with van der Waals surface area (Å²) in [5.41, 5.74) is 4.69. The van der Waals surface area contributed by atoms with E-state index < -0.39 is 52.9 Å². The van der Waals surface area contributed by atoms with Crippen molar-refractivity contribution < 1.29 is 46.3 Å². The number of carbonyl (C=O) groups excluding carboxylic acids is 5. The number of ether oxygens (including phenoxy) is 1. The van der Waals surface area contributed by atoms with Crippen molar-refractivity contribution in [3.63, 3.8) is 0 Å². The maximum absolute atomic E-state index is 14.7. The van der Waals surface area contributed by atoms with Crippen LogP contribution in [0, 0.1) is 18.8 Å². The fraction of sp³-hybridized carbons (Fsp3) is 0.435. The number of benzene rings is 3. The van der Waals surface area contributed by atoms with Crippen LogP contribution in [-0.4, -0.2) is 78.7 Å². The van der Waals surface area contributed by atoms with Gasteiger partial charge in [0, 0.05) is 43.2 Å². The minimum Gasteiger partial charge on any atom is -0.444 e. The zero-order valence-corrected chi connectivity index (χ0v) is 37.1. The first kappa shape index (κ1) is 50.3. The van der Waals surface area contributed by atoms with Gasteiger partial charge in [-0.1, -0.05) is 49.0 Å². The number of hydrazine groups is 1. The smallest absolute Gasteiger partial charge is 0.407 e. The highest BCUT2D eigenvalue weighted by molar-refractivity contribution is 6.00. The summed E-state index contributed by atoms with van der Waals surface area (Å²) in [6.45, 7) is 15.0. The number of nitrogens with zero attached hydrogens (tertiary/aromatic N) is 1. The summed E-state index contributed by atoms with van der Waals surface area (Å²) in [5.74, 6) is -10.5. The number of alkyl carbamates (subject to hydrolysis) is 1. The lowest BCUT2D eigenvalue weighted by Gasteiger charge is -2.29. The number of amides is 5. The molecule has 8 N–H and O–H groups in total. The van der Waals surface area contributed by atoms with Gasteiger partial charge in [0.2, 0.25) is 11.8 Å². The summed E-state index contributed by atoms with van der Waals surface area (Å²) in [6.07, 6.45) is 2.02. The molecule has 1 fully saturated rings. The van der Waals surface area contributed by atoms with Crippen molar-refractivity contribution in [2.45, 2.75) is 103 Å². The zero-order chi connectivity index (χ0) is 47.6. The van der Waals surface area contributed by atoms with Crippen molar-refractivity contribution in [2.75, 3.05) is 18.9 Å². The number of hydrogen-bond donors (Lipinski definition) is 7. The predicted molar refractivity (Wildman–Crippen MR) is 237 cm³/mol. The van der Waals surface area contributed by atoms with Crippen LogP contribution in [-0.2, 0) is 25.5 Å². The SMILES string of the molecule is C=C(N=C(NN)C(F)(F)C(F)(F)C(=O)NC)c1ccc(NC(=O)C(Cc2ccc(-c3ccc(C(=O)NC(C)C)cc3C)cc2)NC(=O)C2CCC(CNC(=O)OC(C)(C)C)CC2)cc1. The Kier molecular flexibility index (Phi) is 16.8. The van der Waals surface area contributed by atoms with Gasteiger partial charge in [-0.3, -0.25) is 19.2 Å². The zero-order valence-electron chi connectivity index (χ0n) is 37.1. The fourth-order valence-electron chi connectivity index (χ4n) is 7.02. The van der Waals surface area contributed by atoms with Gasteiger partial charge in [-0.25, -0.2) is 15.6 Å². The molecule has 1 atom stereocenters. The number of anilines is 1. The number of amidine groups is 1. The lowest BCUT2D eigenvalue weighted by molar-refractivity contribution is -0.185. The summed E-state index contributed by atoms with van der Waals surface area (Å²) in [4.78, 5) is 67.4. The number of carbonyl (C=O) groups is 5. The third kappa shape index (κ3) is 13.4. The third-order valence-corrected chi connectivity index (χ3v) is 10.5. The number of aryl methyl sites for hydroxylation is 1. The summed E-state index contributed by atoms with van der Waals surface area (Å²) in [6, 6.07) is 17.4. The van der Waals surface area contributed by atoms with Crippen LogP contribution in [0.5, 0.6) is 0 Å². The Morgan fingerprint density at radius 2 is 1.47 bits per heavy atom. The number of nitrogens with one attached hydrogen (secondary N) is 6. The molecule has 5 amide bonds. The number of aliphatic imine (C=N–C) groups is 1. The van der Waals surface area contributed by atoms with E-state index >= 15 is 0 Å². The molecule has 18 heteroatoms. The number of rotatable bonds is 16. The van der Waals surface area contributed by atoms with Gasteiger partial charge in [-0.15, -0.1) is 0 Å². The number of nitrogens with two attached hydrogens (primary N) is 1. The summed E-state index contributed by atoms with van der Waals surface area (Å²) < 4.78 is 63.2. The Hall–Kier alpha value is -6.30. The second kappa shape index (κ2) is 21.4. The van der Waals surface area contributed by atoms with E-state index in [-0.39, 0.29) is 47.4 Å². The Morgan fingerprint density at radius 1 is 0.859 bits per heavy atom. The van der Waals surface area contributed by atoms with E-state index in [0.29, 0.717) is 37.8 Å². The Bertz CT molecular complexity index is 2200. The van der Waals surface area contributed by atoms with Crippen molar-refractivity contribution in [1.82, 2.24) is 26.7 Å². The summed E-state index contributed by atoms with van der Waals surface area (Å²) in [7, 11) is 0.773. The average Bonchev–Trinajstić information content (AvgIpc) is 3.23. The van der Waals surface area contributed by atoms with E-state index in [2.05, 4.69) is 32.8 Å². The van der Waals surface area contributed by atoms with Gasteiger partial charge in [-0.05, 0) is 125 Å². The van der Waals surface area contributed by atoms with E-state index in [0.717, 1.165) is 29.3 Å². The molecule has 1 aliphatic rings. The molecule has 0 aliphatic heterocycles. The maximum Gasteiger partial charge on any atom is 0.407 e. The second-order valence-electron chi connectivity index (χ2n) is 17.1. The van der Waals surface area contributed by atoms with Crippen LogP contribution >= 0.6 is 0 Å². The van der Waals surface area contributed by atoms with Crippen molar-refractivity contribution in [3.8, 4) is 11.1 Å². The second-order valence-corrected chi connectivity index (χ2v) is 17.1. The predicted octanol–water partition coefficient (Wildman–Crippen LogP) is 6.65. The van der Waals surface area contributed by atoms with Crippen LogP contribution in [0.25, 0.3) is 16.8 Å². The molecule has 1 saturated carbocycles. The van der Waals surface area contributed by atoms with Crippen LogP contribution in [0.3, 0.4) is 0 Å². The molecule has 0 bridgehead atoms. The lowest BCUT2D eigenvalue weighted by Crippen LogP contribution is -2.60. The molecule has 346 valence electrons. The lowest BCUT2D eigenvalue weighted by atomic mass is 9.81. The van der Waals surface area contributed by atoms with Crippen LogP contribution < -0.4 is 37.9 Å². The average molecular weight is 895 g/mol. The Labute approximate surface area is 370 Å². The van der Waals surface area contributed by atoms with Crippen LogP contribution in [0.15, 0.2) is 78.3 Å². The van der Waals surface area contributed by atoms with Crippen molar-refractivity contribution in [3.05, 3.63) is 95.6 Å². The normalized spacial score (nSPS) is 16.2. The minimum atomic E-state index is -5.20. The molecule has 3 aromatic rings. The van der Waals surface area contributed by atoms with E-state index in [4.69, 9.17) is 10.6 Å². The number of halogens is 4. The molecular formula is C46H58F4N8O6. The molecule has 14 nitrogen and oxygen atoms in total. The molecule has 3 aromatic carbocycles. The summed E-state index contributed by atoms with van der Waals surface area (Å²) >= 11 is 0. The molecule has 0 spiro atoms. The number of alkyl halides is 4. The standard InChI is InChI=1S/C46H58F4N8O6/c1-26(2)54-39(60)34-19-22-36(27(3)23-34)32-13-9-29(10-14-32)24-37(57-38(59)33-15-11-30(12-16-33)25-53-43(63)64-44(5,6)7)40(61)56-35-20-17-31(18-21-35)28(4)55-41(58-51)45(47,48)46(49,50)42(62)52-8/h9-10,13-14,17-23,26,30,33,37H,4,11-12,15-16,24-25,51H2,1-3,5-8H3,(H,52,62)(H,53,63)(H,54,60)(H,55,58)(H,56,61)(H,57,59). The quantitative estimate of drug-likeness (QED) is 0.0272. The maximum atomic E-state index is 14.7.